The van der Waals surface area contributed by atoms with E-state index in [2.05, 4.69) is 0 Å². The van der Waals surface area contributed by atoms with Crippen LogP contribution in [0, 0.1) is 0 Å². The van der Waals surface area contributed by atoms with Gasteiger partial charge in [0.25, 0.3) is 0 Å². The van der Waals surface area contributed by atoms with E-state index >= 15 is 0 Å². The lowest BCUT2D eigenvalue weighted by Crippen LogP contribution is -2.11. The van der Waals surface area contributed by atoms with Crippen molar-refractivity contribution in [2.75, 3.05) is 7.11 Å². The molecule has 0 spiro atoms. The normalized spacial score (nSPS) is 10.9. The number of hydrogen-bond acceptors (Lipinski definition) is 5. The third-order valence-electron chi connectivity index (χ3n) is 3.35. The Kier molecular flexibility index (Phi) is 4.90. The van der Waals surface area contributed by atoms with Gasteiger partial charge in [0, 0.05) is 0 Å². The monoisotopic (exact) mass is 356 g/mol. The van der Waals surface area contributed by atoms with Gasteiger partial charge in [0.05, 0.1) is 7.11 Å². The second kappa shape index (κ2) is 7.27. The van der Waals surface area contributed by atoms with Gasteiger partial charge in [-0.3, -0.25) is 0 Å². The van der Waals surface area contributed by atoms with Gasteiger partial charge in [0.1, 0.15) is 27.9 Å². The molecule has 128 valence electrons. The van der Waals surface area contributed by atoms with Crippen LogP contribution >= 0.6 is 0 Å². The van der Waals surface area contributed by atoms with Gasteiger partial charge in [-0.1, -0.05) is 30.3 Å². The highest BCUT2D eigenvalue weighted by molar-refractivity contribution is 7.87. The van der Waals surface area contributed by atoms with Gasteiger partial charge in [-0.2, -0.15) is 8.42 Å². The van der Waals surface area contributed by atoms with Crippen LogP contribution in [0.25, 0.3) is 0 Å². The molecule has 6 heteroatoms. The molecule has 0 aliphatic heterocycles. The van der Waals surface area contributed by atoms with Gasteiger partial charge in [-0.25, -0.2) is 0 Å². The highest BCUT2D eigenvalue weighted by atomic mass is 32.2. The fraction of sp³-hybridized carbons (Fsp3) is 0.0526. The van der Waals surface area contributed by atoms with Gasteiger partial charge in [0.15, 0.2) is 0 Å². The molecule has 3 aromatic carbocycles. The molecule has 0 aliphatic carbocycles. The first-order chi connectivity index (χ1) is 12.1. The topological polar surface area (TPSA) is 61.8 Å². The molecule has 0 atom stereocenters. The zero-order chi connectivity index (χ0) is 17.7. The number of para-hydroxylation sites is 2. The molecule has 0 fully saturated rings. The molecule has 0 aliphatic rings. The van der Waals surface area contributed by atoms with Crippen LogP contribution in [0.4, 0.5) is 0 Å². The fourth-order valence-corrected chi connectivity index (χ4v) is 3.28. The summed E-state index contributed by atoms with van der Waals surface area (Å²) in [6.07, 6.45) is 0. The zero-order valence-electron chi connectivity index (χ0n) is 13.5. The Labute approximate surface area is 146 Å². The summed E-state index contributed by atoms with van der Waals surface area (Å²) >= 11 is 0. The summed E-state index contributed by atoms with van der Waals surface area (Å²) < 4.78 is 40.8. The van der Waals surface area contributed by atoms with E-state index in [4.69, 9.17) is 13.7 Å². The Balaban J connectivity index is 1.77. The van der Waals surface area contributed by atoms with Crippen molar-refractivity contribution in [2.45, 2.75) is 4.90 Å². The molecule has 3 rings (SSSR count). The highest BCUT2D eigenvalue weighted by Crippen LogP contribution is 2.28. The van der Waals surface area contributed by atoms with Crippen molar-refractivity contribution in [2.24, 2.45) is 0 Å². The van der Waals surface area contributed by atoms with E-state index in [9.17, 15) is 8.42 Å². The molecule has 0 unspecified atom stereocenters. The molecule has 0 aromatic heterocycles. The van der Waals surface area contributed by atoms with E-state index < -0.39 is 10.1 Å². The Hall–Kier alpha value is -2.99. The number of methoxy groups -OCH3 is 1. The SMILES string of the molecule is COc1ccccc1S(=O)(=O)Oc1ccc(Oc2ccccc2)cc1. The maximum Gasteiger partial charge on any atom is 0.342 e. The standard InChI is InChI=1S/C19H16O5S/c1-22-18-9-5-6-10-19(18)25(20,21)24-17-13-11-16(12-14-17)23-15-7-3-2-4-8-15/h2-14H,1H3. The van der Waals surface area contributed by atoms with Gasteiger partial charge in [-0.05, 0) is 48.5 Å². The minimum atomic E-state index is -3.99. The van der Waals surface area contributed by atoms with Gasteiger partial charge < -0.3 is 13.7 Å². The van der Waals surface area contributed by atoms with Crippen molar-refractivity contribution < 1.29 is 22.1 Å². The molecule has 0 saturated carbocycles. The third kappa shape index (κ3) is 4.10. The maximum absolute atomic E-state index is 12.4. The van der Waals surface area contributed by atoms with E-state index in [-0.39, 0.29) is 16.4 Å². The van der Waals surface area contributed by atoms with Crippen molar-refractivity contribution >= 4 is 10.1 Å². The van der Waals surface area contributed by atoms with Crippen molar-refractivity contribution in [1.29, 1.82) is 0 Å². The maximum atomic E-state index is 12.4. The largest absolute Gasteiger partial charge is 0.495 e. The van der Waals surface area contributed by atoms with Crippen LogP contribution in [0.3, 0.4) is 0 Å². The number of benzene rings is 3. The van der Waals surface area contributed by atoms with E-state index in [0.29, 0.717) is 11.5 Å². The first-order valence-corrected chi connectivity index (χ1v) is 8.90. The van der Waals surface area contributed by atoms with Crippen molar-refractivity contribution in [3.8, 4) is 23.0 Å². The molecule has 0 bridgehead atoms. The molecule has 0 saturated heterocycles. The van der Waals surface area contributed by atoms with Gasteiger partial charge in [-0.15, -0.1) is 0 Å². The second-order valence-corrected chi connectivity index (χ2v) is 6.59. The summed E-state index contributed by atoms with van der Waals surface area (Å²) in [6.45, 7) is 0. The molecule has 0 radical (unpaired) electrons. The first-order valence-electron chi connectivity index (χ1n) is 7.49. The number of rotatable bonds is 6. The Morgan fingerprint density at radius 2 is 1.24 bits per heavy atom. The molecular weight excluding hydrogens is 340 g/mol. The van der Waals surface area contributed by atoms with Gasteiger partial charge >= 0.3 is 10.1 Å². The number of hydrogen-bond donors (Lipinski definition) is 0. The van der Waals surface area contributed by atoms with Crippen LogP contribution < -0.4 is 13.7 Å². The van der Waals surface area contributed by atoms with E-state index in [1.807, 2.05) is 30.3 Å². The summed E-state index contributed by atoms with van der Waals surface area (Å²) in [7, 11) is -2.59. The Morgan fingerprint density at radius 3 is 1.92 bits per heavy atom. The van der Waals surface area contributed by atoms with Crippen molar-refractivity contribution in [1.82, 2.24) is 0 Å². The lowest BCUT2D eigenvalue weighted by molar-refractivity contribution is 0.398. The van der Waals surface area contributed by atoms with Crippen LogP contribution in [-0.2, 0) is 10.1 Å². The molecule has 0 amide bonds. The Bertz CT molecular complexity index is 935. The third-order valence-corrected chi connectivity index (χ3v) is 4.63. The predicted octanol–water partition coefficient (Wildman–Crippen LogP) is 4.26. The predicted molar refractivity (Wildman–Crippen MR) is 93.8 cm³/mol. The minimum Gasteiger partial charge on any atom is -0.495 e. The summed E-state index contributed by atoms with van der Waals surface area (Å²) in [4.78, 5) is -0.0258. The van der Waals surface area contributed by atoms with E-state index in [0.717, 1.165) is 0 Å². The van der Waals surface area contributed by atoms with Crippen LogP contribution in [0.2, 0.25) is 0 Å². The quantitative estimate of drug-likeness (QED) is 0.618. The molecular formula is C19H16O5S. The average Bonchev–Trinajstić information content (AvgIpc) is 2.64. The number of ether oxygens (including phenoxy) is 2. The molecule has 5 nitrogen and oxygen atoms in total. The van der Waals surface area contributed by atoms with Crippen LogP contribution in [0.15, 0.2) is 83.8 Å². The van der Waals surface area contributed by atoms with E-state index in [1.165, 1.54) is 25.3 Å². The molecule has 25 heavy (non-hydrogen) atoms. The first kappa shape index (κ1) is 16.9. The van der Waals surface area contributed by atoms with Crippen LogP contribution in [0.1, 0.15) is 0 Å². The van der Waals surface area contributed by atoms with E-state index in [1.54, 1.807) is 30.3 Å². The lowest BCUT2D eigenvalue weighted by Gasteiger charge is -2.11. The van der Waals surface area contributed by atoms with Gasteiger partial charge in [0.2, 0.25) is 0 Å². The van der Waals surface area contributed by atoms with Crippen LogP contribution in [0.5, 0.6) is 23.0 Å². The second-order valence-electron chi connectivity index (χ2n) is 5.07. The fourth-order valence-electron chi connectivity index (χ4n) is 2.18. The smallest absolute Gasteiger partial charge is 0.342 e. The van der Waals surface area contributed by atoms with Crippen molar-refractivity contribution in [3.05, 3.63) is 78.9 Å². The molecule has 0 heterocycles. The van der Waals surface area contributed by atoms with Crippen molar-refractivity contribution in [3.63, 3.8) is 0 Å². The summed E-state index contributed by atoms with van der Waals surface area (Å²) in [6, 6.07) is 21.9. The summed E-state index contributed by atoms with van der Waals surface area (Å²) in [5.74, 6) is 1.68. The van der Waals surface area contributed by atoms with Crippen LogP contribution in [-0.4, -0.2) is 15.5 Å². The summed E-state index contributed by atoms with van der Waals surface area (Å²) in [5.41, 5.74) is 0. The molecule has 3 aromatic rings. The highest BCUT2D eigenvalue weighted by Gasteiger charge is 2.21. The zero-order valence-corrected chi connectivity index (χ0v) is 14.3. The lowest BCUT2D eigenvalue weighted by atomic mass is 10.3. The average molecular weight is 356 g/mol. The Morgan fingerprint density at radius 1 is 0.680 bits per heavy atom. The minimum absolute atomic E-state index is 0.0258. The summed E-state index contributed by atoms with van der Waals surface area (Å²) in [5, 5.41) is 0. The molecule has 0 N–H and O–H groups in total.